The van der Waals surface area contributed by atoms with Crippen molar-refractivity contribution in [2.45, 2.75) is 64.5 Å². The van der Waals surface area contributed by atoms with Crippen molar-refractivity contribution >= 4 is 23.4 Å². The van der Waals surface area contributed by atoms with Gasteiger partial charge in [-0.05, 0) is 38.3 Å². The number of carbonyl (C=O) groups is 2. The van der Waals surface area contributed by atoms with Crippen LogP contribution in [0, 0.1) is 0 Å². The van der Waals surface area contributed by atoms with Gasteiger partial charge in [0.05, 0.1) is 30.5 Å². The first kappa shape index (κ1) is 24.5. The van der Waals surface area contributed by atoms with Crippen LogP contribution in [0.3, 0.4) is 0 Å². The van der Waals surface area contributed by atoms with E-state index in [0.717, 1.165) is 25.1 Å². The summed E-state index contributed by atoms with van der Waals surface area (Å²) in [6, 6.07) is 1.82. The van der Waals surface area contributed by atoms with Crippen LogP contribution in [-0.2, 0) is 24.1 Å². The lowest BCUT2D eigenvalue weighted by Gasteiger charge is -2.24. The second kappa shape index (κ2) is 9.58. The minimum atomic E-state index is -4.62. The molecule has 0 saturated carbocycles. The van der Waals surface area contributed by atoms with E-state index in [2.05, 4.69) is 10.3 Å². The summed E-state index contributed by atoms with van der Waals surface area (Å²) in [6.45, 7) is 5.54. The molecule has 184 valence electrons. The zero-order valence-electron chi connectivity index (χ0n) is 18.9. The largest absolute Gasteiger partial charge is 0.433 e. The smallest absolute Gasteiger partial charge is 0.373 e. The van der Waals surface area contributed by atoms with Crippen LogP contribution >= 0.6 is 11.6 Å². The number of hydrogen-bond acceptors (Lipinski definition) is 4. The van der Waals surface area contributed by atoms with Gasteiger partial charge in [0.2, 0.25) is 0 Å². The van der Waals surface area contributed by atoms with E-state index in [1.165, 1.54) is 0 Å². The van der Waals surface area contributed by atoms with Crippen molar-refractivity contribution in [3.05, 3.63) is 51.6 Å². The van der Waals surface area contributed by atoms with Crippen LogP contribution in [0.5, 0.6) is 0 Å². The molecule has 0 aliphatic carbocycles. The van der Waals surface area contributed by atoms with E-state index in [9.17, 15) is 22.8 Å². The predicted octanol–water partition coefficient (Wildman–Crippen LogP) is 4.59. The summed E-state index contributed by atoms with van der Waals surface area (Å²) >= 11 is 6.12. The summed E-state index contributed by atoms with van der Waals surface area (Å²) in [7, 11) is 0. The lowest BCUT2D eigenvalue weighted by Crippen LogP contribution is -2.35. The van der Waals surface area contributed by atoms with E-state index in [4.69, 9.17) is 16.3 Å². The van der Waals surface area contributed by atoms with Gasteiger partial charge >= 0.3 is 6.18 Å². The number of hydrogen-bond donors (Lipinski definition) is 1. The molecular weight excluding hydrogens is 473 g/mol. The summed E-state index contributed by atoms with van der Waals surface area (Å²) in [5, 5.41) is 2.71. The highest BCUT2D eigenvalue weighted by molar-refractivity contribution is 6.31. The molecule has 4 heterocycles. The highest BCUT2D eigenvalue weighted by Gasteiger charge is 2.34. The Morgan fingerprint density at radius 3 is 2.71 bits per heavy atom. The van der Waals surface area contributed by atoms with E-state index in [1.54, 1.807) is 13.0 Å². The topological polar surface area (TPSA) is 76.5 Å². The Morgan fingerprint density at radius 2 is 2.09 bits per heavy atom. The average molecular weight is 499 g/mol. The van der Waals surface area contributed by atoms with Crippen LogP contribution in [0.1, 0.15) is 76.9 Å². The van der Waals surface area contributed by atoms with Crippen molar-refractivity contribution in [2.75, 3.05) is 13.2 Å². The van der Waals surface area contributed by atoms with Gasteiger partial charge in [-0.15, -0.1) is 0 Å². The van der Waals surface area contributed by atoms with E-state index >= 15 is 0 Å². The number of halogens is 4. The summed E-state index contributed by atoms with van der Waals surface area (Å²) in [6.07, 6.45) is -1.31. The van der Waals surface area contributed by atoms with E-state index in [1.807, 2.05) is 16.4 Å². The van der Waals surface area contributed by atoms with Crippen molar-refractivity contribution in [1.82, 2.24) is 19.8 Å². The molecule has 11 heteroatoms. The number of carbonyl (C=O) groups excluding carboxylic acids is 2. The predicted molar refractivity (Wildman–Crippen MR) is 119 cm³/mol. The summed E-state index contributed by atoms with van der Waals surface area (Å²) in [5.74, 6) is -0.570. The maximum atomic E-state index is 13.3. The van der Waals surface area contributed by atoms with E-state index in [-0.39, 0.29) is 29.1 Å². The molecule has 4 rings (SSSR count). The van der Waals surface area contributed by atoms with Gasteiger partial charge in [-0.1, -0.05) is 18.5 Å². The molecule has 0 radical (unpaired) electrons. The van der Waals surface area contributed by atoms with Crippen LogP contribution in [0.15, 0.2) is 18.3 Å². The molecule has 34 heavy (non-hydrogen) atoms. The van der Waals surface area contributed by atoms with Gasteiger partial charge in [-0.2, -0.15) is 13.2 Å². The first-order valence-electron chi connectivity index (χ1n) is 11.3. The quantitative estimate of drug-likeness (QED) is 0.654. The standard InChI is InChI=1S/C23H26ClF3N4O3/c1-3-17(15-11-28-20(10-16(15)24)23(25,26)27)29-21(32)14-9-18(31-7-8-34-12-19(14)31)22(33)30-6-4-5-13(30)2/h9-11,13,17H,3-8,12H2,1-2H3,(H,29,32)/t13?,17-/m1/s1. The van der Waals surface area contributed by atoms with E-state index in [0.29, 0.717) is 43.1 Å². The molecule has 2 aromatic rings. The fraction of sp³-hybridized carbons (Fsp3) is 0.522. The van der Waals surface area contributed by atoms with Gasteiger partial charge in [0.1, 0.15) is 11.4 Å². The first-order valence-corrected chi connectivity index (χ1v) is 11.6. The van der Waals surface area contributed by atoms with Crippen molar-refractivity contribution in [2.24, 2.45) is 0 Å². The molecule has 1 saturated heterocycles. The van der Waals surface area contributed by atoms with Crippen molar-refractivity contribution in [3.63, 3.8) is 0 Å². The lowest BCUT2D eigenvalue weighted by atomic mass is 10.0. The maximum absolute atomic E-state index is 13.3. The third-order valence-corrected chi connectivity index (χ3v) is 6.77. The van der Waals surface area contributed by atoms with Crippen molar-refractivity contribution in [1.29, 1.82) is 0 Å². The Kier molecular flexibility index (Phi) is 6.91. The van der Waals surface area contributed by atoms with Gasteiger partial charge in [-0.25, -0.2) is 0 Å². The third kappa shape index (κ3) is 4.65. The van der Waals surface area contributed by atoms with Gasteiger partial charge < -0.3 is 19.5 Å². The average Bonchev–Trinajstić information content (AvgIpc) is 3.40. The molecule has 0 aromatic carbocycles. The van der Waals surface area contributed by atoms with Crippen LogP contribution < -0.4 is 5.32 Å². The summed E-state index contributed by atoms with van der Waals surface area (Å²) < 4.78 is 46.2. The molecule has 2 amide bonds. The Bertz CT molecular complexity index is 1100. The number of fused-ring (bicyclic) bond motifs is 1. The molecule has 1 N–H and O–H groups in total. The van der Waals surface area contributed by atoms with Gasteiger partial charge in [0, 0.05) is 35.9 Å². The molecule has 1 unspecified atom stereocenters. The summed E-state index contributed by atoms with van der Waals surface area (Å²) in [4.78, 5) is 31.8. The molecule has 2 aliphatic heterocycles. The zero-order chi connectivity index (χ0) is 24.6. The molecule has 7 nitrogen and oxygen atoms in total. The molecule has 2 atom stereocenters. The number of alkyl halides is 3. The monoisotopic (exact) mass is 498 g/mol. The number of aromatic nitrogens is 2. The Balaban J connectivity index is 1.61. The fourth-order valence-electron chi connectivity index (χ4n) is 4.57. The Morgan fingerprint density at radius 1 is 1.32 bits per heavy atom. The van der Waals surface area contributed by atoms with Crippen LogP contribution in [0.25, 0.3) is 0 Å². The zero-order valence-corrected chi connectivity index (χ0v) is 19.7. The molecule has 0 bridgehead atoms. The van der Waals surface area contributed by atoms with E-state index < -0.39 is 23.8 Å². The number of ether oxygens (including phenoxy) is 1. The molecule has 0 spiro atoms. The third-order valence-electron chi connectivity index (χ3n) is 6.45. The first-order chi connectivity index (χ1) is 16.1. The van der Waals surface area contributed by atoms with Gasteiger partial charge in [0.25, 0.3) is 11.8 Å². The highest BCUT2D eigenvalue weighted by Crippen LogP contribution is 2.33. The molecule has 2 aliphatic rings. The lowest BCUT2D eigenvalue weighted by molar-refractivity contribution is -0.141. The van der Waals surface area contributed by atoms with Gasteiger partial charge in [0.15, 0.2) is 0 Å². The fourth-order valence-corrected chi connectivity index (χ4v) is 4.85. The van der Waals surface area contributed by atoms with Crippen molar-refractivity contribution < 1.29 is 27.5 Å². The number of nitrogens with one attached hydrogen (secondary N) is 1. The SMILES string of the molecule is CC[C@@H](NC(=O)c1cc(C(=O)N2CCCC2C)n2c1COCC2)c1cnc(C(F)(F)F)cc1Cl. The van der Waals surface area contributed by atoms with Gasteiger partial charge in [-0.3, -0.25) is 14.6 Å². The normalized spacial score (nSPS) is 19.1. The maximum Gasteiger partial charge on any atom is 0.433 e. The number of amides is 2. The second-order valence-corrected chi connectivity index (χ2v) is 9.01. The number of likely N-dealkylation sites (tertiary alicyclic amines) is 1. The number of pyridine rings is 1. The number of rotatable bonds is 5. The number of nitrogens with zero attached hydrogens (tertiary/aromatic N) is 3. The van der Waals surface area contributed by atoms with Crippen molar-refractivity contribution in [3.8, 4) is 0 Å². The minimum Gasteiger partial charge on any atom is -0.373 e. The van der Waals surface area contributed by atoms with Crippen LogP contribution in [0.4, 0.5) is 13.2 Å². The van der Waals surface area contributed by atoms with Crippen LogP contribution in [-0.4, -0.2) is 45.5 Å². The Hall–Kier alpha value is -2.59. The van der Waals surface area contributed by atoms with Crippen LogP contribution in [0.2, 0.25) is 5.02 Å². The molecule has 1 fully saturated rings. The molecular formula is C23H26ClF3N4O3. The molecule has 2 aromatic heterocycles. The summed E-state index contributed by atoms with van der Waals surface area (Å²) in [5.41, 5.74) is 0.548. The Labute approximate surface area is 200 Å². The second-order valence-electron chi connectivity index (χ2n) is 8.61. The highest BCUT2D eigenvalue weighted by atomic mass is 35.5. The minimum absolute atomic E-state index is 0.116.